The minimum atomic E-state index is -0.545. The third-order valence-electron chi connectivity index (χ3n) is 4.28. The topological polar surface area (TPSA) is 41.6 Å². The van der Waals surface area contributed by atoms with Crippen LogP contribution in [-0.2, 0) is 9.53 Å². The van der Waals surface area contributed by atoms with Crippen molar-refractivity contribution in [2.75, 3.05) is 27.2 Å². The highest BCUT2D eigenvalue weighted by Gasteiger charge is 2.32. The lowest BCUT2D eigenvalue weighted by Crippen LogP contribution is -2.48. The summed E-state index contributed by atoms with van der Waals surface area (Å²) in [6.07, 6.45) is 5.74. The minimum absolute atomic E-state index is 0.168. The number of carbonyl (C=O) groups is 1. The summed E-state index contributed by atoms with van der Waals surface area (Å²) in [6.45, 7) is 6.48. The first-order valence-electron chi connectivity index (χ1n) is 7.08. The Morgan fingerprint density at radius 2 is 2.28 bits per heavy atom. The Balaban J connectivity index is 2.37. The summed E-state index contributed by atoms with van der Waals surface area (Å²) in [5.74, 6) is -0.168. The van der Waals surface area contributed by atoms with Crippen LogP contribution in [0.5, 0.6) is 0 Å². The molecule has 0 aromatic heterocycles. The normalized spacial score (nSPS) is 23.9. The van der Waals surface area contributed by atoms with E-state index in [-0.39, 0.29) is 5.97 Å². The lowest BCUT2D eigenvalue weighted by atomic mass is 9.96. The molecule has 106 valence electrons. The van der Waals surface area contributed by atoms with Crippen molar-refractivity contribution in [3.63, 3.8) is 0 Å². The molecule has 1 N–H and O–H groups in total. The zero-order valence-corrected chi connectivity index (χ0v) is 12.3. The summed E-state index contributed by atoms with van der Waals surface area (Å²) in [4.78, 5) is 14.3. The first-order valence-corrected chi connectivity index (χ1v) is 7.08. The molecule has 4 heteroatoms. The molecule has 2 unspecified atom stereocenters. The molecule has 0 bridgehead atoms. The predicted molar refractivity (Wildman–Crippen MR) is 73.6 cm³/mol. The van der Waals surface area contributed by atoms with Gasteiger partial charge in [0.15, 0.2) is 0 Å². The zero-order chi connectivity index (χ0) is 13.6. The number of hydrogen-bond donors (Lipinski definition) is 1. The predicted octanol–water partition coefficient (Wildman–Crippen LogP) is 1.79. The van der Waals surface area contributed by atoms with Gasteiger partial charge in [-0.05, 0) is 59.2 Å². The van der Waals surface area contributed by atoms with E-state index in [0.717, 1.165) is 25.4 Å². The van der Waals surface area contributed by atoms with Crippen molar-refractivity contribution in [2.24, 2.45) is 0 Å². The van der Waals surface area contributed by atoms with Gasteiger partial charge in [0.2, 0.25) is 0 Å². The molecule has 1 rings (SSSR count). The van der Waals surface area contributed by atoms with Crippen LogP contribution in [0.25, 0.3) is 0 Å². The smallest absolute Gasteiger partial charge is 0.325 e. The molecule has 0 aromatic rings. The Labute approximate surface area is 111 Å². The Morgan fingerprint density at radius 3 is 2.83 bits per heavy atom. The van der Waals surface area contributed by atoms with Crippen molar-refractivity contribution in [3.8, 4) is 0 Å². The van der Waals surface area contributed by atoms with Crippen LogP contribution in [0.3, 0.4) is 0 Å². The molecule has 0 aliphatic carbocycles. The molecular formula is C14H28N2O2. The second-order valence-corrected chi connectivity index (χ2v) is 5.42. The molecule has 4 nitrogen and oxygen atoms in total. The molecule has 1 fully saturated rings. The maximum absolute atomic E-state index is 11.7. The van der Waals surface area contributed by atoms with Crippen molar-refractivity contribution >= 4 is 5.97 Å². The third-order valence-corrected chi connectivity index (χ3v) is 4.28. The SMILES string of the molecule is CCC1CCCN1CCCC(C)(NC)C(=O)OC. The van der Waals surface area contributed by atoms with Gasteiger partial charge < -0.3 is 15.0 Å². The van der Waals surface area contributed by atoms with Gasteiger partial charge in [-0.25, -0.2) is 0 Å². The van der Waals surface area contributed by atoms with Crippen molar-refractivity contribution in [1.82, 2.24) is 10.2 Å². The molecule has 2 atom stereocenters. The van der Waals surface area contributed by atoms with Gasteiger partial charge in [-0.3, -0.25) is 4.79 Å². The number of hydrogen-bond acceptors (Lipinski definition) is 4. The van der Waals surface area contributed by atoms with Crippen LogP contribution in [0.1, 0.15) is 46.0 Å². The molecule has 1 heterocycles. The zero-order valence-electron chi connectivity index (χ0n) is 12.3. The summed E-state index contributed by atoms with van der Waals surface area (Å²) in [5, 5.41) is 3.09. The Kier molecular flexibility index (Phi) is 6.09. The van der Waals surface area contributed by atoms with E-state index < -0.39 is 5.54 Å². The van der Waals surface area contributed by atoms with Crippen LogP contribution in [0.2, 0.25) is 0 Å². The lowest BCUT2D eigenvalue weighted by molar-refractivity contribution is -0.148. The third kappa shape index (κ3) is 3.69. The number of methoxy groups -OCH3 is 1. The van der Waals surface area contributed by atoms with Gasteiger partial charge in [-0.1, -0.05) is 6.92 Å². The van der Waals surface area contributed by atoms with E-state index in [1.165, 1.54) is 32.9 Å². The fourth-order valence-electron chi connectivity index (χ4n) is 2.84. The van der Waals surface area contributed by atoms with Gasteiger partial charge in [0.05, 0.1) is 7.11 Å². The molecular weight excluding hydrogens is 228 g/mol. The summed E-state index contributed by atoms with van der Waals surface area (Å²) < 4.78 is 4.86. The van der Waals surface area contributed by atoms with Crippen LogP contribution in [0, 0.1) is 0 Å². The van der Waals surface area contributed by atoms with E-state index in [0.29, 0.717) is 0 Å². The maximum atomic E-state index is 11.7. The molecule has 0 saturated carbocycles. The van der Waals surface area contributed by atoms with Gasteiger partial charge in [-0.15, -0.1) is 0 Å². The first-order chi connectivity index (χ1) is 8.57. The first kappa shape index (κ1) is 15.4. The van der Waals surface area contributed by atoms with Gasteiger partial charge in [0.1, 0.15) is 5.54 Å². The molecule has 0 spiro atoms. The van der Waals surface area contributed by atoms with Crippen LogP contribution < -0.4 is 5.32 Å². The number of nitrogens with one attached hydrogen (secondary N) is 1. The highest BCUT2D eigenvalue weighted by molar-refractivity contribution is 5.80. The quantitative estimate of drug-likeness (QED) is 0.705. The van der Waals surface area contributed by atoms with E-state index in [4.69, 9.17) is 4.74 Å². The second-order valence-electron chi connectivity index (χ2n) is 5.42. The molecule has 0 amide bonds. The minimum Gasteiger partial charge on any atom is -0.468 e. The highest BCUT2D eigenvalue weighted by Crippen LogP contribution is 2.21. The average Bonchev–Trinajstić information content (AvgIpc) is 2.84. The van der Waals surface area contributed by atoms with E-state index in [1.807, 2.05) is 14.0 Å². The summed E-state index contributed by atoms with van der Waals surface area (Å²) in [5.41, 5.74) is -0.545. The number of rotatable bonds is 7. The van der Waals surface area contributed by atoms with Crippen molar-refractivity contribution in [3.05, 3.63) is 0 Å². The number of nitrogens with zero attached hydrogens (tertiary/aromatic N) is 1. The van der Waals surface area contributed by atoms with Crippen LogP contribution in [-0.4, -0.2) is 49.7 Å². The van der Waals surface area contributed by atoms with E-state index in [2.05, 4.69) is 17.1 Å². The summed E-state index contributed by atoms with van der Waals surface area (Å²) in [6, 6.07) is 0.754. The number of esters is 1. The van der Waals surface area contributed by atoms with E-state index in [9.17, 15) is 4.79 Å². The van der Waals surface area contributed by atoms with Crippen LogP contribution in [0.4, 0.5) is 0 Å². The lowest BCUT2D eigenvalue weighted by Gasteiger charge is -2.28. The van der Waals surface area contributed by atoms with Crippen molar-refractivity contribution in [1.29, 1.82) is 0 Å². The molecule has 0 radical (unpaired) electrons. The average molecular weight is 256 g/mol. The Bertz CT molecular complexity index is 271. The number of likely N-dealkylation sites (tertiary alicyclic amines) is 1. The van der Waals surface area contributed by atoms with Gasteiger partial charge in [0, 0.05) is 6.04 Å². The maximum Gasteiger partial charge on any atom is 0.325 e. The summed E-state index contributed by atoms with van der Waals surface area (Å²) in [7, 11) is 3.27. The number of ether oxygens (including phenoxy) is 1. The fraction of sp³-hybridized carbons (Fsp3) is 0.929. The van der Waals surface area contributed by atoms with Crippen LogP contribution >= 0.6 is 0 Å². The number of likely N-dealkylation sites (N-methyl/N-ethyl adjacent to an activating group) is 1. The Morgan fingerprint density at radius 1 is 1.56 bits per heavy atom. The molecule has 1 aliphatic heterocycles. The molecule has 1 aliphatic rings. The van der Waals surface area contributed by atoms with Crippen molar-refractivity contribution < 1.29 is 9.53 Å². The highest BCUT2D eigenvalue weighted by atomic mass is 16.5. The standard InChI is InChI=1S/C14H28N2O2/c1-5-12-8-6-10-16(12)11-7-9-14(2,15-3)13(17)18-4/h12,15H,5-11H2,1-4H3. The monoisotopic (exact) mass is 256 g/mol. The van der Waals surface area contributed by atoms with E-state index >= 15 is 0 Å². The molecule has 18 heavy (non-hydrogen) atoms. The molecule has 1 saturated heterocycles. The van der Waals surface area contributed by atoms with Crippen LogP contribution in [0.15, 0.2) is 0 Å². The largest absolute Gasteiger partial charge is 0.468 e. The van der Waals surface area contributed by atoms with Crippen molar-refractivity contribution in [2.45, 2.75) is 57.5 Å². The van der Waals surface area contributed by atoms with Gasteiger partial charge in [0.25, 0.3) is 0 Å². The second kappa shape index (κ2) is 7.10. The van der Waals surface area contributed by atoms with Gasteiger partial charge >= 0.3 is 5.97 Å². The van der Waals surface area contributed by atoms with Gasteiger partial charge in [-0.2, -0.15) is 0 Å². The van der Waals surface area contributed by atoms with E-state index in [1.54, 1.807) is 0 Å². The summed E-state index contributed by atoms with van der Waals surface area (Å²) >= 11 is 0. The number of carbonyl (C=O) groups excluding carboxylic acids is 1. The Hall–Kier alpha value is -0.610. The molecule has 0 aromatic carbocycles. The fourth-order valence-corrected chi connectivity index (χ4v) is 2.84.